The van der Waals surface area contributed by atoms with Crippen LogP contribution in [0.5, 0.6) is 5.75 Å². The molecule has 0 amide bonds. The molecule has 0 aliphatic rings. The molecule has 0 aromatic heterocycles. The first kappa shape index (κ1) is 23.4. The van der Waals surface area contributed by atoms with Gasteiger partial charge in [0.25, 0.3) is 0 Å². The molecule has 1 nitrogen and oxygen atoms in total. The highest BCUT2D eigenvalue weighted by molar-refractivity contribution is 7.98. The van der Waals surface area contributed by atoms with Crippen LogP contribution in [0.4, 0.5) is 13.2 Å². The topological polar surface area (TPSA) is 9.23 Å². The Kier molecular flexibility index (Phi) is 7.42. The van der Waals surface area contributed by atoms with Crippen LogP contribution in [-0.2, 0) is 11.9 Å². The van der Waals surface area contributed by atoms with E-state index in [9.17, 15) is 13.2 Å². The maximum atomic E-state index is 12.9. The monoisotopic (exact) mass is 482 g/mol. The Morgan fingerprint density at radius 1 is 0.727 bits per heavy atom. The van der Waals surface area contributed by atoms with E-state index in [0.717, 1.165) is 33.6 Å². The van der Waals surface area contributed by atoms with Crippen molar-refractivity contribution in [3.63, 3.8) is 0 Å². The second-order valence-corrected chi connectivity index (χ2v) is 10.5. The number of rotatable bonds is 7. The average Bonchev–Trinajstić information content (AvgIpc) is 2.84. The summed E-state index contributed by atoms with van der Waals surface area (Å²) in [5, 5.41) is 3.56. The molecule has 0 bridgehead atoms. The molecule has 1 unspecified atom stereocenters. The Balaban J connectivity index is 1.69. The zero-order valence-electron chi connectivity index (χ0n) is 17.9. The molecule has 1 atom stereocenters. The number of para-hydroxylation sites is 1. The number of methoxy groups -OCH3 is 1. The van der Waals surface area contributed by atoms with E-state index >= 15 is 0 Å². The minimum absolute atomic E-state index is 0.629. The van der Waals surface area contributed by atoms with E-state index in [2.05, 4.69) is 30.3 Å². The third kappa shape index (κ3) is 5.61. The van der Waals surface area contributed by atoms with Gasteiger partial charge in [0.1, 0.15) is 5.75 Å². The fourth-order valence-electron chi connectivity index (χ4n) is 3.55. The lowest BCUT2D eigenvalue weighted by Gasteiger charge is -2.24. The van der Waals surface area contributed by atoms with E-state index in [4.69, 9.17) is 4.74 Å². The van der Waals surface area contributed by atoms with E-state index in [1.54, 1.807) is 7.11 Å². The van der Waals surface area contributed by atoms with Gasteiger partial charge in [-0.25, -0.2) is 0 Å². The molecule has 0 radical (unpaired) electrons. The lowest BCUT2D eigenvalue weighted by atomic mass is 10.2. The standard InChI is InChI=1S/C27H22F3OPS/c1-31-24-12-6-8-14-26(24)32(22-10-3-2-4-11-22)25-13-7-5-9-20(25)19-33-23-17-15-21(16-18-23)27(28,29)30/h2-18H,19H2,1H3. The molecule has 168 valence electrons. The lowest BCUT2D eigenvalue weighted by Crippen LogP contribution is -2.24. The highest BCUT2D eigenvalue weighted by atomic mass is 32.2. The molecule has 4 aromatic rings. The molecule has 0 heterocycles. The van der Waals surface area contributed by atoms with Crippen molar-refractivity contribution in [1.29, 1.82) is 0 Å². The minimum Gasteiger partial charge on any atom is -0.496 e. The van der Waals surface area contributed by atoms with Crippen LogP contribution in [0, 0.1) is 0 Å². The molecule has 4 aromatic carbocycles. The predicted octanol–water partition coefficient (Wildman–Crippen LogP) is 6.76. The summed E-state index contributed by atoms with van der Waals surface area (Å²) in [5.74, 6) is 1.50. The Morgan fingerprint density at radius 2 is 1.33 bits per heavy atom. The Hall–Kier alpha value is -2.75. The molecule has 0 saturated carbocycles. The molecule has 0 aliphatic heterocycles. The van der Waals surface area contributed by atoms with Gasteiger partial charge in [-0.15, -0.1) is 11.8 Å². The molecule has 33 heavy (non-hydrogen) atoms. The predicted molar refractivity (Wildman–Crippen MR) is 133 cm³/mol. The van der Waals surface area contributed by atoms with Crippen molar-refractivity contribution in [2.24, 2.45) is 0 Å². The van der Waals surface area contributed by atoms with Gasteiger partial charge in [0.15, 0.2) is 0 Å². The summed E-state index contributed by atoms with van der Waals surface area (Å²) in [5.41, 5.74) is 0.527. The van der Waals surface area contributed by atoms with Crippen molar-refractivity contribution in [1.82, 2.24) is 0 Å². The Bertz CT molecular complexity index is 1190. The number of hydrogen-bond donors (Lipinski definition) is 0. The van der Waals surface area contributed by atoms with Gasteiger partial charge in [-0.05, 0) is 54.4 Å². The number of benzene rings is 4. The summed E-state index contributed by atoms with van der Waals surface area (Å²) in [6, 6.07) is 32.1. The van der Waals surface area contributed by atoms with E-state index in [1.165, 1.54) is 34.5 Å². The quantitative estimate of drug-likeness (QED) is 0.213. The first-order chi connectivity index (χ1) is 16.0. The fourth-order valence-corrected chi connectivity index (χ4v) is 7.14. The van der Waals surface area contributed by atoms with Crippen LogP contribution < -0.4 is 20.7 Å². The largest absolute Gasteiger partial charge is 0.496 e. The average molecular weight is 483 g/mol. The maximum Gasteiger partial charge on any atom is 0.416 e. The first-order valence-electron chi connectivity index (χ1n) is 10.3. The minimum atomic E-state index is -4.32. The SMILES string of the molecule is COc1ccccc1P(c1ccccc1)c1ccccc1CSc1ccc(C(F)(F)F)cc1. The Labute approximate surface area is 197 Å². The zero-order chi connectivity index (χ0) is 23.3. The zero-order valence-corrected chi connectivity index (χ0v) is 19.6. The van der Waals surface area contributed by atoms with Crippen LogP contribution in [0.1, 0.15) is 11.1 Å². The highest BCUT2D eigenvalue weighted by Crippen LogP contribution is 2.39. The number of hydrogen-bond acceptors (Lipinski definition) is 2. The summed E-state index contributed by atoms with van der Waals surface area (Å²) in [6.45, 7) is 0. The van der Waals surface area contributed by atoms with Gasteiger partial charge in [0, 0.05) is 16.0 Å². The van der Waals surface area contributed by atoms with Gasteiger partial charge in [0.05, 0.1) is 12.7 Å². The van der Waals surface area contributed by atoms with Crippen LogP contribution in [0.2, 0.25) is 0 Å². The van der Waals surface area contributed by atoms with Gasteiger partial charge < -0.3 is 4.74 Å². The fraction of sp³-hybridized carbons (Fsp3) is 0.111. The summed E-state index contributed by atoms with van der Waals surface area (Å²) in [7, 11) is 0.803. The van der Waals surface area contributed by atoms with Crippen molar-refractivity contribution in [2.75, 3.05) is 7.11 Å². The van der Waals surface area contributed by atoms with Crippen molar-refractivity contribution in [3.8, 4) is 5.75 Å². The summed E-state index contributed by atoms with van der Waals surface area (Å²) in [4.78, 5) is 0.805. The third-order valence-corrected chi connectivity index (χ3v) is 8.79. The number of ether oxygens (including phenoxy) is 1. The second kappa shape index (κ2) is 10.5. The summed E-state index contributed by atoms with van der Waals surface area (Å²) in [6.07, 6.45) is -4.32. The van der Waals surface area contributed by atoms with E-state index in [-0.39, 0.29) is 0 Å². The van der Waals surface area contributed by atoms with Gasteiger partial charge in [0.2, 0.25) is 0 Å². The van der Waals surface area contributed by atoms with Gasteiger partial charge >= 0.3 is 6.18 Å². The molecule has 0 N–H and O–H groups in total. The number of alkyl halides is 3. The smallest absolute Gasteiger partial charge is 0.416 e. The van der Waals surface area contributed by atoms with Gasteiger partial charge in [-0.1, -0.05) is 72.8 Å². The second-order valence-electron chi connectivity index (χ2n) is 7.28. The third-order valence-electron chi connectivity index (χ3n) is 5.15. The van der Waals surface area contributed by atoms with E-state index in [1.807, 2.05) is 48.5 Å². The van der Waals surface area contributed by atoms with Gasteiger partial charge in [-0.2, -0.15) is 13.2 Å². The number of halogens is 3. The molecule has 0 spiro atoms. The summed E-state index contributed by atoms with van der Waals surface area (Å²) < 4.78 is 44.3. The molecular formula is C27H22F3OPS. The molecule has 0 aliphatic carbocycles. The highest BCUT2D eigenvalue weighted by Gasteiger charge is 2.30. The normalized spacial score (nSPS) is 12.4. The van der Waals surface area contributed by atoms with Crippen LogP contribution in [0.15, 0.2) is 108 Å². The molecule has 0 saturated heterocycles. The first-order valence-corrected chi connectivity index (χ1v) is 12.7. The van der Waals surface area contributed by atoms with Gasteiger partial charge in [-0.3, -0.25) is 0 Å². The van der Waals surface area contributed by atoms with E-state index in [0.29, 0.717) is 5.75 Å². The van der Waals surface area contributed by atoms with Crippen LogP contribution in [-0.4, -0.2) is 7.11 Å². The molecule has 6 heteroatoms. The van der Waals surface area contributed by atoms with E-state index < -0.39 is 19.7 Å². The molecule has 0 fully saturated rings. The molecule has 4 rings (SSSR count). The van der Waals surface area contributed by atoms with Crippen LogP contribution in [0.25, 0.3) is 0 Å². The van der Waals surface area contributed by atoms with Crippen molar-refractivity contribution < 1.29 is 17.9 Å². The van der Waals surface area contributed by atoms with Crippen LogP contribution in [0.3, 0.4) is 0 Å². The molecular weight excluding hydrogens is 460 g/mol. The maximum absolute atomic E-state index is 12.9. The van der Waals surface area contributed by atoms with Crippen molar-refractivity contribution in [2.45, 2.75) is 16.8 Å². The Morgan fingerprint density at radius 3 is 2.00 bits per heavy atom. The number of thioether (sulfide) groups is 1. The van der Waals surface area contributed by atoms with Crippen LogP contribution >= 0.6 is 19.7 Å². The van der Waals surface area contributed by atoms with Crippen molar-refractivity contribution in [3.05, 3.63) is 114 Å². The summed E-state index contributed by atoms with van der Waals surface area (Å²) >= 11 is 1.54. The van der Waals surface area contributed by atoms with Crippen molar-refractivity contribution >= 4 is 35.6 Å². The lowest BCUT2D eigenvalue weighted by molar-refractivity contribution is -0.137.